The van der Waals surface area contributed by atoms with Crippen LogP contribution in [0.25, 0.3) is 0 Å². The molecule has 1 rings (SSSR count). The summed E-state index contributed by atoms with van der Waals surface area (Å²) in [6.45, 7) is 16.5. The predicted octanol–water partition coefficient (Wildman–Crippen LogP) is 6.55. The Labute approximate surface area is 231 Å². The summed E-state index contributed by atoms with van der Waals surface area (Å²) in [5.41, 5.74) is 1.26. The number of ether oxygens (including phenoxy) is 1. The van der Waals surface area contributed by atoms with Crippen molar-refractivity contribution in [3.8, 4) is 0 Å². The van der Waals surface area contributed by atoms with Gasteiger partial charge in [0, 0.05) is 13.1 Å². The van der Waals surface area contributed by atoms with Crippen LogP contribution in [-0.2, 0) is 20.7 Å². The molecule has 38 heavy (non-hydrogen) atoms. The molecule has 216 valence electrons. The van der Waals surface area contributed by atoms with Gasteiger partial charge in [-0.15, -0.1) is 0 Å². The summed E-state index contributed by atoms with van der Waals surface area (Å²) in [4.78, 5) is 42.2. The van der Waals surface area contributed by atoms with Gasteiger partial charge < -0.3 is 20.3 Å². The summed E-state index contributed by atoms with van der Waals surface area (Å²) in [5, 5.41) is 5.87. The standard InChI is InChI=1S/C31H53N3O4/c1-9-12-14-16-22-34(29(36)26(23(4)5)33-30(37)38-31(6,7)8)27(28(35)32-21-15-13-10-2)25-19-17-24(11-3)18-20-25/h17-20,23,26-27H,9-16,21-22H2,1-8H3,(H,32,35)(H,33,37). The Kier molecular flexibility index (Phi) is 15.1. The van der Waals surface area contributed by atoms with Crippen molar-refractivity contribution in [2.45, 2.75) is 124 Å². The maximum Gasteiger partial charge on any atom is 0.408 e. The fourth-order valence-corrected chi connectivity index (χ4v) is 4.29. The van der Waals surface area contributed by atoms with Gasteiger partial charge in [0.05, 0.1) is 0 Å². The van der Waals surface area contributed by atoms with Gasteiger partial charge in [-0.05, 0) is 57.1 Å². The molecule has 0 heterocycles. The molecule has 1 aromatic rings. The van der Waals surface area contributed by atoms with Crippen LogP contribution in [0, 0.1) is 5.92 Å². The number of nitrogens with one attached hydrogen (secondary N) is 2. The summed E-state index contributed by atoms with van der Waals surface area (Å²) in [5.74, 6) is -0.645. The van der Waals surface area contributed by atoms with Crippen LogP contribution in [0.5, 0.6) is 0 Å². The largest absolute Gasteiger partial charge is 0.444 e. The highest BCUT2D eigenvalue weighted by atomic mass is 16.6. The lowest BCUT2D eigenvalue weighted by atomic mass is 9.97. The SMILES string of the molecule is CCCCCCN(C(=O)C(NC(=O)OC(C)(C)C)C(C)C)C(C(=O)NCCCCC)c1ccc(CC)cc1. The van der Waals surface area contributed by atoms with E-state index in [4.69, 9.17) is 4.74 Å². The van der Waals surface area contributed by atoms with E-state index in [1.165, 1.54) is 5.56 Å². The van der Waals surface area contributed by atoms with Crippen LogP contribution in [0.3, 0.4) is 0 Å². The van der Waals surface area contributed by atoms with Crippen LogP contribution in [0.4, 0.5) is 4.79 Å². The molecular formula is C31H53N3O4. The van der Waals surface area contributed by atoms with Gasteiger partial charge >= 0.3 is 6.09 Å². The van der Waals surface area contributed by atoms with E-state index in [9.17, 15) is 14.4 Å². The minimum Gasteiger partial charge on any atom is -0.444 e. The number of nitrogens with zero attached hydrogens (tertiary/aromatic N) is 1. The Morgan fingerprint density at radius 2 is 1.50 bits per heavy atom. The van der Waals surface area contributed by atoms with Crippen LogP contribution >= 0.6 is 0 Å². The minimum absolute atomic E-state index is 0.186. The zero-order valence-electron chi connectivity index (χ0n) is 25.2. The van der Waals surface area contributed by atoms with Crippen LogP contribution in [0.1, 0.15) is 118 Å². The maximum atomic E-state index is 14.1. The van der Waals surface area contributed by atoms with Gasteiger partial charge in [0.25, 0.3) is 0 Å². The molecule has 2 unspecified atom stereocenters. The Hall–Kier alpha value is -2.57. The fourth-order valence-electron chi connectivity index (χ4n) is 4.29. The molecule has 2 atom stereocenters. The molecule has 0 bridgehead atoms. The van der Waals surface area contributed by atoms with Crippen LogP contribution in [-0.4, -0.2) is 47.5 Å². The molecule has 0 radical (unpaired) electrons. The zero-order valence-corrected chi connectivity index (χ0v) is 25.2. The molecule has 0 aromatic heterocycles. The van der Waals surface area contributed by atoms with Crippen LogP contribution in [0.2, 0.25) is 0 Å². The molecule has 0 aliphatic heterocycles. The van der Waals surface area contributed by atoms with Gasteiger partial charge in [-0.3, -0.25) is 9.59 Å². The summed E-state index contributed by atoms with van der Waals surface area (Å²) in [6.07, 6.45) is 7.12. The van der Waals surface area contributed by atoms with Crippen LogP contribution < -0.4 is 10.6 Å². The second-order valence-electron chi connectivity index (χ2n) is 11.5. The lowest BCUT2D eigenvalue weighted by molar-refractivity contribution is -0.143. The molecule has 0 saturated heterocycles. The van der Waals surface area contributed by atoms with Gasteiger partial charge in [0.15, 0.2) is 0 Å². The maximum absolute atomic E-state index is 14.1. The number of amides is 3. The van der Waals surface area contributed by atoms with E-state index < -0.39 is 23.8 Å². The first kappa shape index (κ1) is 33.5. The van der Waals surface area contributed by atoms with E-state index in [1.807, 2.05) is 38.1 Å². The number of carbonyl (C=O) groups excluding carboxylic acids is 3. The fraction of sp³-hybridized carbons (Fsp3) is 0.710. The zero-order chi connectivity index (χ0) is 28.7. The number of benzene rings is 1. The van der Waals surface area contributed by atoms with E-state index in [1.54, 1.807) is 25.7 Å². The number of hydrogen-bond donors (Lipinski definition) is 2. The van der Waals surface area contributed by atoms with Gasteiger partial charge in [0.1, 0.15) is 17.7 Å². The first-order valence-electron chi connectivity index (χ1n) is 14.6. The molecule has 0 aliphatic carbocycles. The lowest BCUT2D eigenvalue weighted by Crippen LogP contribution is -2.55. The highest BCUT2D eigenvalue weighted by molar-refractivity contribution is 5.92. The first-order chi connectivity index (χ1) is 17.9. The summed E-state index contributed by atoms with van der Waals surface area (Å²) >= 11 is 0. The quantitative estimate of drug-likeness (QED) is 0.237. The lowest BCUT2D eigenvalue weighted by Gasteiger charge is -2.35. The van der Waals surface area contributed by atoms with Gasteiger partial charge in [0.2, 0.25) is 11.8 Å². The van der Waals surface area contributed by atoms with Gasteiger partial charge in [-0.25, -0.2) is 4.79 Å². The predicted molar refractivity (Wildman–Crippen MR) is 155 cm³/mol. The number of rotatable bonds is 16. The minimum atomic E-state index is -0.818. The molecule has 0 aliphatic rings. The van der Waals surface area contributed by atoms with Crippen molar-refractivity contribution in [2.75, 3.05) is 13.1 Å². The second-order valence-corrected chi connectivity index (χ2v) is 11.5. The summed E-state index contributed by atoms with van der Waals surface area (Å²) < 4.78 is 5.46. The van der Waals surface area contributed by atoms with Crippen molar-refractivity contribution in [1.29, 1.82) is 0 Å². The molecule has 2 N–H and O–H groups in total. The van der Waals surface area contributed by atoms with Gasteiger partial charge in [-0.1, -0.05) is 91.0 Å². The topological polar surface area (TPSA) is 87.7 Å². The van der Waals surface area contributed by atoms with Crippen molar-refractivity contribution in [3.63, 3.8) is 0 Å². The van der Waals surface area contributed by atoms with Crippen molar-refractivity contribution >= 4 is 17.9 Å². The highest BCUT2D eigenvalue weighted by Gasteiger charge is 2.37. The third-order valence-corrected chi connectivity index (χ3v) is 6.48. The molecule has 0 saturated carbocycles. The van der Waals surface area contributed by atoms with Crippen molar-refractivity contribution in [3.05, 3.63) is 35.4 Å². The highest BCUT2D eigenvalue weighted by Crippen LogP contribution is 2.25. The number of alkyl carbamates (subject to hydrolysis) is 1. The third kappa shape index (κ3) is 11.9. The van der Waals surface area contributed by atoms with Crippen molar-refractivity contribution in [2.24, 2.45) is 5.92 Å². The average molecular weight is 532 g/mol. The number of unbranched alkanes of at least 4 members (excludes halogenated alkanes) is 5. The van der Waals surface area contributed by atoms with E-state index in [0.29, 0.717) is 13.1 Å². The van der Waals surface area contributed by atoms with E-state index in [-0.39, 0.29) is 17.7 Å². The first-order valence-corrected chi connectivity index (χ1v) is 14.6. The Bertz CT molecular complexity index is 846. The summed E-state index contributed by atoms with van der Waals surface area (Å²) in [7, 11) is 0. The smallest absolute Gasteiger partial charge is 0.408 e. The molecule has 3 amide bonds. The Morgan fingerprint density at radius 1 is 0.895 bits per heavy atom. The van der Waals surface area contributed by atoms with Crippen molar-refractivity contribution in [1.82, 2.24) is 15.5 Å². The number of aryl methyl sites for hydroxylation is 1. The number of hydrogen-bond acceptors (Lipinski definition) is 4. The molecule has 0 spiro atoms. The second kappa shape index (κ2) is 17.1. The van der Waals surface area contributed by atoms with E-state index >= 15 is 0 Å². The monoisotopic (exact) mass is 531 g/mol. The normalized spacial score (nSPS) is 13.1. The van der Waals surface area contributed by atoms with E-state index in [0.717, 1.165) is 56.9 Å². The Balaban J connectivity index is 3.41. The van der Waals surface area contributed by atoms with Gasteiger partial charge in [-0.2, -0.15) is 0 Å². The number of carbonyl (C=O) groups is 3. The molecular weight excluding hydrogens is 478 g/mol. The molecule has 7 heteroatoms. The third-order valence-electron chi connectivity index (χ3n) is 6.48. The van der Waals surface area contributed by atoms with Crippen LogP contribution in [0.15, 0.2) is 24.3 Å². The summed E-state index contributed by atoms with van der Waals surface area (Å²) in [6, 6.07) is 6.34. The Morgan fingerprint density at radius 3 is 2.03 bits per heavy atom. The average Bonchev–Trinajstić information content (AvgIpc) is 2.85. The molecule has 7 nitrogen and oxygen atoms in total. The molecule has 0 fully saturated rings. The molecule has 1 aromatic carbocycles. The van der Waals surface area contributed by atoms with E-state index in [2.05, 4.69) is 31.4 Å². The van der Waals surface area contributed by atoms with Crippen molar-refractivity contribution < 1.29 is 19.1 Å².